The Bertz CT molecular complexity index is 744. The van der Waals surface area contributed by atoms with Gasteiger partial charge in [0.25, 0.3) is 5.91 Å². The third kappa shape index (κ3) is 2.55. The topological polar surface area (TPSA) is 107 Å². The smallest absolute Gasteiger partial charge is 0.304 e. The Morgan fingerprint density at radius 1 is 1.21 bits per heavy atom. The Morgan fingerprint density at radius 2 is 1.75 bits per heavy atom. The van der Waals surface area contributed by atoms with Crippen LogP contribution in [0, 0.1) is 5.41 Å². The first kappa shape index (κ1) is 18.6. The van der Waals surface area contributed by atoms with E-state index in [-0.39, 0.29) is 11.3 Å². The molecule has 0 aliphatic carbocycles. The van der Waals surface area contributed by atoms with Gasteiger partial charge in [0.2, 0.25) is 15.3 Å². The molecule has 0 aromatic carbocycles. The number of carbonyl (C=O) groups excluding carboxylic acids is 3. The number of sulfone groups is 1. The molecule has 0 bridgehead atoms. The number of methoxy groups -OCH3 is 1. The summed E-state index contributed by atoms with van der Waals surface area (Å²) >= 11 is 0. The zero-order valence-electron chi connectivity index (χ0n) is 14.4. The summed E-state index contributed by atoms with van der Waals surface area (Å²) in [5.41, 5.74) is -2.46. The minimum atomic E-state index is -4.09. The van der Waals surface area contributed by atoms with Gasteiger partial charge in [0.05, 0.1) is 5.70 Å². The minimum Gasteiger partial charge on any atom is -0.441 e. The molecule has 0 aromatic heterocycles. The lowest BCUT2D eigenvalue weighted by Crippen LogP contribution is -2.72. The molecule has 24 heavy (non-hydrogen) atoms. The summed E-state index contributed by atoms with van der Waals surface area (Å²) in [6.07, 6.45) is -1.22. The number of ether oxygens (including phenoxy) is 2. The van der Waals surface area contributed by atoms with Crippen molar-refractivity contribution in [2.24, 2.45) is 5.41 Å². The van der Waals surface area contributed by atoms with E-state index in [4.69, 9.17) is 9.47 Å². The molecule has 0 radical (unpaired) electrons. The number of carbonyl (C=O) groups is 3. The van der Waals surface area contributed by atoms with E-state index in [0.717, 1.165) is 11.8 Å². The van der Waals surface area contributed by atoms with Gasteiger partial charge in [-0.2, -0.15) is 0 Å². The first-order chi connectivity index (χ1) is 10.9. The molecular formula is C15H21NO7S. The van der Waals surface area contributed by atoms with Crippen LogP contribution >= 0.6 is 0 Å². The van der Waals surface area contributed by atoms with Gasteiger partial charge >= 0.3 is 5.97 Å². The van der Waals surface area contributed by atoms with Gasteiger partial charge in [-0.3, -0.25) is 19.3 Å². The molecule has 2 heterocycles. The van der Waals surface area contributed by atoms with Crippen LogP contribution in [0.4, 0.5) is 0 Å². The lowest BCUT2D eigenvalue weighted by Gasteiger charge is -2.50. The lowest BCUT2D eigenvalue weighted by atomic mass is 9.85. The second-order valence-electron chi connectivity index (χ2n) is 6.90. The van der Waals surface area contributed by atoms with Crippen molar-refractivity contribution in [3.05, 3.63) is 11.3 Å². The molecule has 2 aliphatic heterocycles. The Kier molecular flexibility index (Phi) is 4.39. The highest BCUT2D eigenvalue weighted by molar-refractivity contribution is 7.93. The minimum absolute atomic E-state index is 0.0317. The second-order valence-corrected chi connectivity index (χ2v) is 8.99. The average Bonchev–Trinajstić information content (AvgIpc) is 2.43. The van der Waals surface area contributed by atoms with E-state index in [9.17, 15) is 22.8 Å². The molecule has 0 saturated carbocycles. The van der Waals surface area contributed by atoms with Gasteiger partial charge in [0.1, 0.15) is 0 Å². The van der Waals surface area contributed by atoms with Crippen LogP contribution in [-0.4, -0.2) is 55.0 Å². The SMILES string of the molecule is CO[C@H]1C(=O)N2C(C(=O)C(C)(C)C)=C(C)[C@@H](OC(C)=O)S(=O)(=O)[C@H]12. The summed E-state index contributed by atoms with van der Waals surface area (Å²) in [7, 11) is -2.87. The number of allylic oxidation sites excluding steroid dienone is 1. The first-order valence-corrected chi connectivity index (χ1v) is 8.98. The molecule has 1 amide bonds. The molecule has 0 spiro atoms. The van der Waals surface area contributed by atoms with Crippen molar-refractivity contribution < 1.29 is 32.3 Å². The van der Waals surface area contributed by atoms with Crippen LogP contribution in [0.3, 0.4) is 0 Å². The molecule has 2 aliphatic rings. The zero-order chi connectivity index (χ0) is 18.6. The quantitative estimate of drug-likeness (QED) is 0.529. The maximum atomic E-state index is 12.8. The summed E-state index contributed by atoms with van der Waals surface area (Å²) in [5.74, 6) is -1.79. The van der Waals surface area contributed by atoms with Crippen LogP contribution in [0.2, 0.25) is 0 Å². The summed E-state index contributed by atoms with van der Waals surface area (Å²) in [4.78, 5) is 37.3. The molecule has 9 heteroatoms. The fraction of sp³-hybridized carbons (Fsp3) is 0.667. The number of Topliss-reactive ketones (excluding diaryl/α,β-unsaturated/α-hetero) is 1. The maximum Gasteiger partial charge on any atom is 0.304 e. The van der Waals surface area contributed by atoms with Gasteiger partial charge in [0, 0.05) is 25.0 Å². The number of β-lactam (4-membered cyclic amide) rings is 1. The molecule has 2 rings (SSSR count). The molecule has 1 saturated heterocycles. The third-order valence-corrected chi connectivity index (χ3v) is 6.20. The fourth-order valence-electron chi connectivity index (χ4n) is 2.84. The molecule has 3 atom stereocenters. The molecule has 0 N–H and O–H groups in total. The van der Waals surface area contributed by atoms with E-state index < -0.39 is 49.8 Å². The predicted molar refractivity (Wildman–Crippen MR) is 83.1 cm³/mol. The second kappa shape index (κ2) is 5.66. The zero-order valence-corrected chi connectivity index (χ0v) is 15.3. The van der Waals surface area contributed by atoms with Crippen LogP contribution in [0.15, 0.2) is 11.3 Å². The lowest BCUT2D eigenvalue weighted by molar-refractivity contribution is -0.162. The standard InChI is InChI=1S/C15H21NO7S/c1-7-9(11(18)15(3,4)5)16-12(19)10(22-6)13(16)24(20,21)14(7)23-8(2)17/h10,13-14H,1-6H3/t10-,13+,14-/m0/s1. The van der Waals surface area contributed by atoms with Crippen molar-refractivity contribution in [3.63, 3.8) is 0 Å². The van der Waals surface area contributed by atoms with Crippen molar-refractivity contribution in [3.8, 4) is 0 Å². The fourth-order valence-corrected chi connectivity index (χ4v) is 5.04. The molecule has 8 nitrogen and oxygen atoms in total. The van der Waals surface area contributed by atoms with E-state index >= 15 is 0 Å². The highest BCUT2D eigenvalue weighted by Gasteiger charge is 2.64. The monoisotopic (exact) mass is 359 g/mol. The average molecular weight is 359 g/mol. The molecule has 0 unspecified atom stereocenters. The Morgan fingerprint density at radius 3 is 2.17 bits per heavy atom. The molecule has 134 valence electrons. The number of nitrogens with zero attached hydrogens (tertiary/aromatic N) is 1. The van der Waals surface area contributed by atoms with Crippen LogP contribution < -0.4 is 0 Å². The number of hydrogen-bond donors (Lipinski definition) is 0. The third-order valence-electron chi connectivity index (χ3n) is 4.02. The van der Waals surface area contributed by atoms with Crippen molar-refractivity contribution in [2.45, 2.75) is 51.5 Å². The van der Waals surface area contributed by atoms with Crippen LogP contribution in [0.1, 0.15) is 34.6 Å². The Hall–Kier alpha value is -1.74. The first-order valence-electron chi connectivity index (χ1n) is 7.37. The number of amides is 1. The number of fused-ring (bicyclic) bond motifs is 1. The summed E-state index contributed by atoms with van der Waals surface area (Å²) in [5, 5.41) is -1.37. The highest BCUT2D eigenvalue weighted by atomic mass is 32.2. The number of ketones is 1. The summed E-state index contributed by atoms with van der Waals surface area (Å²) in [6, 6.07) is 0. The Labute approximate surface area is 140 Å². The van der Waals surface area contributed by atoms with E-state index in [2.05, 4.69) is 0 Å². The predicted octanol–water partition coefficient (Wildman–Crippen LogP) is 0.377. The summed E-state index contributed by atoms with van der Waals surface area (Å²) < 4.78 is 35.4. The number of rotatable bonds is 3. The van der Waals surface area contributed by atoms with E-state index in [0.29, 0.717) is 0 Å². The van der Waals surface area contributed by atoms with E-state index in [1.165, 1.54) is 14.0 Å². The van der Waals surface area contributed by atoms with Gasteiger partial charge in [0.15, 0.2) is 17.3 Å². The largest absolute Gasteiger partial charge is 0.441 e. The number of hydrogen-bond acceptors (Lipinski definition) is 7. The van der Waals surface area contributed by atoms with E-state index in [1.54, 1.807) is 20.8 Å². The Balaban J connectivity index is 2.68. The van der Waals surface area contributed by atoms with Gasteiger partial charge in [-0.25, -0.2) is 8.42 Å². The summed E-state index contributed by atoms with van der Waals surface area (Å²) in [6.45, 7) is 7.44. The van der Waals surface area contributed by atoms with Crippen LogP contribution in [-0.2, 0) is 33.7 Å². The van der Waals surface area contributed by atoms with Crippen molar-refractivity contribution >= 4 is 27.5 Å². The van der Waals surface area contributed by atoms with E-state index in [1.807, 2.05) is 0 Å². The maximum absolute atomic E-state index is 12.8. The van der Waals surface area contributed by atoms with Gasteiger partial charge in [-0.15, -0.1) is 0 Å². The molecule has 0 aromatic rings. The van der Waals surface area contributed by atoms with Gasteiger partial charge in [-0.1, -0.05) is 20.8 Å². The van der Waals surface area contributed by atoms with Gasteiger partial charge in [-0.05, 0) is 6.92 Å². The molecular weight excluding hydrogens is 338 g/mol. The normalized spacial score (nSPS) is 29.0. The molecule has 1 fully saturated rings. The van der Waals surface area contributed by atoms with Crippen molar-refractivity contribution in [1.29, 1.82) is 0 Å². The van der Waals surface area contributed by atoms with Crippen LogP contribution in [0.5, 0.6) is 0 Å². The highest BCUT2D eigenvalue weighted by Crippen LogP contribution is 2.43. The van der Waals surface area contributed by atoms with Crippen molar-refractivity contribution in [2.75, 3.05) is 7.11 Å². The van der Waals surface area contributed by atoms with Gasteiger partial charge < -0.3 is 9.47 Å². The van der Waals surface area contributed by atoms with Crippen molar-refractivity contribution in [1.82, 2.24) is 4.90 Å². The number of esters is 1. The van der Waals surface area contributed by atoms with Crippen LogP contribution in [0.25, 0.3) is 0 Å².